The second-order valence-corrected chi connectivity index (χ2v) is 6.90. The smallest absolute Gasteiger partial charge is 0.285 e. The Labute approximate surface area is 143 Å². The van der Waals surface area contributed by atoms with Crippen LogP contribution in [0, 0.1) is 6.92 Å². The van der Waals surface area contributed by atoms with Crippen LogP contribution in [0.5, 0.6) is 0 Å². The molecule has 0 bridgehead atoms. The molecule has 1 heterocycles. The molecule has 3 rings (SSSR count). The Bertz CT molecular complexity index is 786. The van der Waals surface area contributed by atoms with Crippen LogP contribution in [0.25, 0.3) is 11.1 Å². The fraction of sp³-hybridized carbons (Fsp3) is 0.111. The summed E-state index contributed by atoms with van der Waals surface area (Å²) in [5.41, 5.74) is 4.78. The fourth-order valence-corrected chi connectivity index (χ4v) is 3.48. The van der Waals surface area contributed by atoms with Crippen molar-refractivity contribution in [2.75, 3.05) is 5.32 Å². The summed E-state index contributed by atoms with van der Waals surface area (Å²) in [5.74, 6) is 0.636. The fourth-order valence-electron chi connectivity index (χ4n) is 2.25. The van der Waals surface area contributed by atoms with Gasteiger partial charge in [-0.3, -0.25) is 10.1 Å². The number of amides is 1. The van der Waals surface area contributed by atoms with Gasteiger partial charge in [-0.2, -0.15) is 0 Å². The van der Waals surface area contributed by atoms with E-state index in [1.807, 2.05) is 23.6 Å². The number of aryl methyl sites for hydroxylation is 1. The monoisotopic (exact) mass is 340 g/mol. The molecule has 1 aromatic heterocycles. The lowest BCUT2D eigenvalue weighted by Gasteiger charge is -2.09. The lowest BCUT2D eigenvalue weighted by molar-refractivity contribution is 0.269. The predicted molar refractivity (Wildman–Crippen MR) is 99.0 cm³/mol. The summed E-state index contributed by atoms with van der Waals surface area (Å²) < 4.78 is 0. The molecule has 23 heavy (non-hydrogen) atoms. The van der Waals surface area contributed by atoms with E-state index in [0.717, 1.165) is 5.56 Å². The van der Waals surface area contributed by atoms with E-state index in [9.17, 15) is 4.79 Å². The molecule has 0 saturated heterocycles. The normalized spacial score (nSPS) is 10.5. The van der Waals surface area contributed by atoms with Gasteiger partial charge in [0.2, 0.25) is 0 Å². The molecule has 3 nitrogen and oxygen atoms in total. The minimum Gasteiger partial charge on any atom is -0.293 e. The first kappa shape index (κ1) is 15.8. The van der Waals surface area contributed by atoms with Gasteiger partial charge in [0, 0.05) is 17.3 Å². The average molecular weight is 340 g/mol. The van der Waals surface area contributed by atoms with Crippen molar-refractivity contribution in [2.24, 2.45) is 0 Å². The number of thiazole rings is 1. The van der Waals surface area contributed by atoms with E-state index < -0.39 is 0 Å². The third kappa shape index (κ3) is 4.21. The Kier molecular flexibility index (Phi) is 5.10. The van der Waals surface area contributed by atoms with Crippen molar-refractivity contribution < 1.29 is 4.79 Å². The molecule has 1 N–H and O–H groups in total. The number of carbonyl (C=O) groups is 1. The van der Waals surface area contributed by atoms with Crippen molar-refractivity contribution in [3.8, 4) is 11.1 Å². The summed E-state index contributed by atoms with van der Waals surface area (Å²) in [5, 5.41) is 5.17. The van der Waals surface area contributed by atoms with Gasteiger partial charge in [-0.1, -0.05) is 60.3 Å². The molecule has 1 amide bonds. The van der Waals surface area contributed by atoms with E-state index in [1.165, 1.54) is 39.8 Å². The number of nitrogens with one attached hydrogen (secondary N) is 1. The summed E-state index contributed by atoms with van der Waals surface area (Å²) in [6.07, 6.45) is 1.68. The molecule has 0 aliphatic rings. The van der Waals surface area contributed by atoms with Gasteiger partial charge in [0.05, 0.1) is 0 Å². The largest absolute Gasteiger partial charge is 0.293 e. The molecule has 0 saturated carbocycles. The molecule has 0 fully saturated rings. The minimum atomic E-state index is -0.0817. The van der Waals surface area contributed by atoms with Gasteiger partial charge in [-0.05, 0) is 29.2 Å². The molecule has 0 aliphatic heterocycles. The minimum absolute atomic E-state index is 0.0817. The second-order valence-electron chi connectivity index (χ2n) is 5.05. The summed E-state index contributed by atoms with van der Waals surface area (Å²) in [6.45, 7) is 2.11. The quantitative estimate of drug-likeness (QED) is 0.674. The van der Waals surface area contributed by atoms with Crippen LogP contribution >= 0.6 is 23.1 Å². The van der Waals surface area contributed by atoms with Crippen LogP contribution in [0.3, 0.4) is 0 Å². The van der Waals surface area contributed by atoms with Gasteiger partial charge >= 0.3 is 0 Å². The molecule has 0 aliphatic carbocycles. The third-order valence-electron chi connectivity index (χ3n) is 3.40. The van der Waals surface area contributed by atoms with Crippen molar-refractivity contribution in [2.45, 2.75) is 12.7 Å². The van der Waals surface area contributed by atoms with E-state index in [0.29, 0.717) is 10.9 Å². The van der Waals surface area contributed by atoms with Gasteiger partial charge in [-0.15, -0.1) is 11.3 Å². The molecular weight excluding hydrogens is 324 g/mol. The summed E-state index contributed by atoms with van der Waals surface area (Å²) in [7, 11) is 0. The summed E-state index contributed by atoms with van der Waals surface area (Å²) in [6, 6.07) is 16.6. The van der Waals surface area contributed by atoms with Gasteiger partial charge in [0.25, 0.3) is 5.24 Å². The first-order valence-electron chi connectivity index (χ1n) is 7.20. The van der Waals surface area contributed by atoms with Gasteiger partial charge in [0.1, 0.15) is 0 Å². The van der Waals surface area contributed by atoms with Crippen molar-refractivity contribution in [3.63, 3.8) is 0 Å². The number of hydrogen-bond acceptors (Lipinski definition) is 4. The van der Waals surface area contributed by atoms with Gasteiger partial charge in [0.15, 0.2) is 5.13 Å². The zero-order valence-electron chi connectivity index (χ0n) is 12.7. The van der Waals surface area contributed by atoms with Crippen LogP contribution in [0.15, 0.2) is 60.1 Å². The van der Waals surface area contributed by atoms with E-state index in [-0.39, 0.29) is 5.24 Å². The predicted octanol–water partition coefficient (Wildman–Crippen LogP) is 5.58. The number of thioether (sulfide) groups is 1. The maximum Gasteiger partial charge on any atom is 0.285 e. The van der Waals surface area contributed by atoms with E-state index in [2.05, 4.69) is 47.6 Å². The Morgan fingerprint density at radius 1 is 1.22 bits per heavy atom. The zero-order valence-corrected chi connectivity index (χ0v) is 14.3. The van der Waals surface area contributed by atoms with Crippen molar-refractivity contribution >= 4 is 33.5 Å². The maximum atomic E-state index is 11.9. The molecule has 0 radical (unpaired) electrons. The number of rotatable bonds is 4. The highest BCUT2D eigenvalue weighted by Crippen LogP contribution is 2.26. The molecule has 116 valence electrons. The molecule has 5 heteroatoms. The van der Waals surface area contributed by atoms with Crippen LogP contribution in [0.4, 0.5) is 9.93 Å². The van der Waals surface area contributed by atoms with E-state index >= 15 is 0 Å². The highest BCUT2D eigenvalue weighted by molar-refractivity contribution is 8.13. The lowest BCUT2D eigenvalue weighted by Crippen LogP contribution is -2.04. The highest BCUT2D eigenvalue weighted by Gasteiger charge is 2.07. The first-order valence-corrected chi connectivity index (χ1v) is 9.07. The number of aromatic nitrogens is 1. The van der Waals surface area contributed by atoms with Crippen molar-refractivity contribution in [3.05, 3.63) is 71.2 Å². The Morgan fingerprint density at radius 3 is 2.78 bits per heavy atom. The number of carbonyl (C=O) groups excluding carboxylic acids is 1. The Hall–Kier alpha value is -2.11. The summed E-state index contributed by atoms with van der Waals surface area (Å²) >= 11 is 2.67. The van der Waals surface area contributed by atoms with Crippen LogP contribution in [0.2, 0.25) is 0 Å². The average Bonchev–Trinajstić information content (AvgIpc) is 3.08. The van der Waals surface area contributed by atoms with Gasteiger partial charge < -0.3 is 0 Å². The lowest BCUT2D eigenvalue weighted by atomic mass is 9.99. The summed E-state index contributed by atoms with van der Waals surface area (Å²) in [4.78, 5) is 16.0. The second kappa shape index (κ2) is 7.44. The van der Waals surface area contributed by atoms with E-state index in [1.54, 1.807) is 6.20 Å². The third-order valence-corrected chi connectivity index (χ3v) is 4.93. The van der Waals surface area contributed by atoms with Crippen molar-refractivity contribution in [1.82, 2.24) is 4.98 Å². The number of anilines is 1. The SMILES string of the molecule is Cc1ccc(CSC(=O)Nc2nccs2)cc1-c1ccccc1. The standard InChI is InChI=1S/C18H16N2OS2/c1-13-7-8-14(11-16(13)15-5-3-2-4-6-15)12-23-18(21)20-17-19-9-10-22-17/h2-11H,12H2,1H3,(H,19,20,21). The highest BCUT2D eigenvalue weighted by atomic mass is 32.2. The Balaban J connectivity index is 1.68. The topological polar surface area (TPSA) is 42.0 Å². The van der Waals surface area contributed by atoms with Crippen LogP contribution in [-0.2, 0) is 5.75 Å². The van der Waals surface area contributed by atoms with Crippen LogP contribution < -0.4 is 5.32 Å². The van der Waals surface area contributed by atoms with Crippen LogP contribution in [0.1, 0.15) is 11.1 Å². The molecule has 0 atom stereocenters. The Morgan fingerprint density at radius 2 is 2.04 bits per heavy atom. The molecular formula is C18H16N2OS2. The molecule has 0 unspecified atom stereocenters. The molecule has 2 aromatic carbocycles. The number of nitrogens with zero attached hydrogens (tertiary/aromatic N) is 1. The molecule has 0 spiro atoms. The number of hydrogen-bond donors (Lipinski definition) is 1. The maximum absolute atomic E-state index is 11.9. The van der Waals surface area contributed by atoms with Crippen molar-refractivity contribution in [1.29, 1.82) is 0 Å². The van der Waals surface area contributed by atoms with Crippen LogP contribution in [-0.4, -0.2) is 10.2 Å². The molecule has 3 aromatic rings. The first-order chi connectivity index (χ1) is 11.2. The zero-order chi connectivity index (χ0) is 16.1. The van der Waals surface area contributed by atoms with Gasteiger partial charge in [-0.25, -0.2) is 4.98 Å². The van der Waals surface area contributed by atoms with E-state index in [4.69, 9.17) is 0 Å². The number of benzene rings is 2.